The Morgan fingerprint density at radius 2 is 1.88 bits per heavy atom. The summed E-state index contributed by atoms with van der Waals surface area (Å²) in [5.74, 6) is 1.83. The van der Waals surface area contributed by atoms with Crippen molar-refractivity contribution < 1.29 is 0 Å². The second-order valence-corrected chi connectivity index (χ2v) is 6.25. The van der Waals surface area contributed by atoms with Crippen LogP contribution in [-0.2, 0) is 0 Å². The Morgan fingerprint density at radius 1 is 1.12 bits per heavy atom. The van der Waals surface area contributed by atoms with Gasteiger partial charge in [0, 0.05) is 12.1 Å². The van der Waals surface area contributed by atoms with Gasteiger partial charge in [-0.25, -0.2) is 0 Å². The zero-order valence-corrected chi connectivity index (χ0v) is 11.7. The van der Waals surface area contributed by atoms with E-state index in [0.717, 1.165) is 23.9 Å². The Morgan fingerprint density at radius 3 is 2.53 bits per heavy atom. The third kappa shape index (κ3) is 3.96. The van der Waals surface area contributed by atoms with Gasteiger partial charge in [0.1, 0.15) is 0 Å². The average molecular weight is 238 g/mol. The molecule has 2 rings (SSSR count). The van der Waals surface area contributed by atoms with Gasteiger partial charge in [-0.05, 0) is 57.0 Å². The minimum absolute atomic E-state index is 0.768. The van der Waals surface area contributed by atoms with Crippen molar-refractivity contribution in [2.45, 2.75) is 70.9 Å². The number of nitrogens with one attached hydrogen (secondary N) is 2. The van der Waals surface area contributed by atoms with Crippen LogP contribution in [0.3, 0.4) is 0 Å². The van der Waals surface area contributed by atoms with Crippen LogP contribution in [0.1, 0.15) is 58.8 Å². The highest BCUT2D eigenvalue weighted by molar-refractivity contribution is 4.86. The van der Waals surface area contributed by atoms with Gasteiger partial charge in [0.2, 0.25) is 0 Å². The molecule has 0 spiro atoms. The molecule has 0 bridgehead atoms. The molecule has 2 fully saturated rings. The van der Waals surface area contributed by atoms with Crippen LogP contribution >= 0.6 is 0 Å². The Hall–Kier alpha value is -0.0800. The molecule has 1 heterocycles. The summed E-state index contributed by atoms with van der Waals surface area (Å²) in [6, 6.07) is 1.58. The first-order valence-corrected chi connectivity index (χ1v) is 7.76. The van der Waals surface area contributed by atoms with Crippen LogP contribution in [-0.4, -0.2) is 25.2 Å². The van der Waals surface area contributed by atoms with Crippen molar-refractivity contribution >= 4 is 0 Å². The van der Waals surface area contributed by atoms with Crippen molar-refractivity contribution in [2.24, 2.45) is 11.8 Å². The smallest absolute Gasteiger partial charge is 0.0119 e. The van der Waals surface area contributed by atoms with Crippen LogP contribution in [0.2, 0.25) is 0 Å². The summed E-state index contributed by atoms with van der Waals surface area (Å²) < 4.78 is 0. The van der Waals surface area contributed by atoms with Crippen molar-refractivity contribution in [1.82, 2.24) is 10.6 Å². The Bertz CT molecular complexity index is 209. The van der Waals surface area contributed by atoms with Gasteiger partial charge >= 0.3 is 0 Å². The van der Waals surface area contributed by atoms with E-state index in [1.807, 2.05) is 0 Å². The number of piperidine rings is 1. The zero-order valence-electron chi connectivity index (χ0n) is 11.7. The quantitative estimate of drug-likeness (QED) is 0.787. The van der Waals surface area contributed by atoms with E-state index in [0.29, 0.717) is 0 Å². The third-order valence-electron chi connectivity index (χ3n) is 4.78. The molecule has 2 aliphatic rings. The first-order chi connectivity index (χ1) is 8.29. The highest BCUT2D eigenvalue weighted by Crippen LogP contribution is 2.28. The van der Waals surface area contributed by atoms with Gasteiger partial charge in [-0.2, -0.15) is 0 Å². The van der Waals surface area contributed by atoms with E-state index in [1.165, 1.54) is 58.0 Å². The predicted molar refractivity (Wildman–Crippen MR) is 74.2 cm³/mol. The summed E-state index contributed by atoms with van der Waals surface area (Å²) in [6.45, 7) is 7.10. The topological polar surface area (TPSA) is 24.1 Å². The summed E-state index contributed by atoms with van der Waals surface area (Å²) in [4.78, 5) is 0. The Labute approximate surface area is 107 Å². The second kappa shape index (κ2) is 6.75. The van der Waals surface area contributed by atoms with Gasteiger partial charge in [-0.3, -0.25) is 0 Å². The average Bonchev–Trinajstić information content (AvgIpc) is 2.35. The van der Waals surface area contributed by atoms with Crippen LogP contribution in [0.25, 0.3) is 0 Å². The summed E-state index contributed by atoms with van der Waals surface area (Å²) in [6.07, 6.45) is 9.90. The lowest BCUT2D eigenvalue weighted by Crippen LogP contribution is -2.50. The molecule has 0 amide bonds. The van der Waals surface area contributed by atoms with E-state index in [4.69, 9.17) is 0 Å². The highest BCUT2D eigenvalue weighted by Gasteiger charge is 2.26. The van der Waals surface area contributed by atoms with Crippen LogP contribution in [0, 0.1) is 11.8 Å². The molecule has 0 aromatic rings. The fourth-order valence-electron chi connectivity index (χ4n) is 3.59. The van der Waals surface area contributed by atoms with Gasteiger partial charge in [0.15, 0.2) is 0 Å². The molecular formula is C15H30N2. The van der Waals surface area contributed by atoms with E-state index in [-0.39, 0.29) is 0 Å². The normalized spacial score (nSPS) is 39.2. The maximum atomic E-state index is 3.93. The minimum atomic E-state index is 0.768. The third-order valence-corrected chi connectivity index (χ3v) is 4.78. The summed E-state index contributed by atoms with van der Waals surface area (Å²) >= 11 is 0. The summed E-state index contributed by atoms with van der Waals surface area (Å²) in [5, 5.41) is 7.42. The van der Waals surface area contributed by atoms with Crippen molar-refractivity contribution in [3.63, 3.8) is 0 Å². The number of hydrogen-bond donors (Lipinski definition) is 2. The maximum absolute atomic E-state index is 3.93. The Kier molecular flexibility index (Phi) is 5.30. The second-order valence-electron chi connectivity index (χ2n) is 6.25. The monoisotopic (exact) mass is 238 g/mol. The van der Waals surface area contributed by atoms with E-state index >= 15 is 0 Å². The first kappa shape index (κ1) is 13.4. The molecule has 2 heteroatoms. The van der Waals surface area contributed by atoms with Crippen LogP contribution < -0.4 is 10.6 Å². The van der Waals surface area contributed by atoms with Gasteiger partial charge in [-0.1, -0.05) is 26.7 Å². The lowest BCUT2D eigenvalue weighted by molar-refractivity contribution is 0.218. The number of hydrogen-bond acceptors (Lipinski definition) is 2. The molecule has 0 radical (unpaired) electrons. The molecule has 2 unspecified atom stereocenters. The molecule has 2 N–H and O–H groups in total. The maximum Gasteiger partial charge on any atom is 0.0119 e. The van der Waals surface area contributed by atoms with E-state index in [2.05, 4.69) is 24.5 Å². The van der Waals surface area contributed by atoms with E-state index in [1.54, 1.807) is 0 Å². The van der Waals surface area contributed by atoms with E-state index < -0.39 is 0 Å². The standard InChI is InChI=1S/C15H30N2/c1-3-4-13-5-7-14(8-6-13)17-15-9-10-16-11-12(15)2/h12-17H,3-11H2,1-2H3. The van der Waals surface area contributed by atoms with E-state index in [9.17, 15) is 0 Å². The summed E-state index contributed by atoms with van der Waals surface area (Å²) in [7, 11) is 0. The first-order valence-electron chi connectivity index (χ1n) is 7.76. The van der Waals surface area contributed by atoms with Crippen LogP contribution in [0.5, 0.6) is 0 Å². The molecule has 100 valence electrons. The van der Waals surface area contributed by atoms with Gasteiger partial charge in [-0.15, -0.1) is 0 Å². The molecular weight excluding hydrogens is 208 g/mol. The molecule has 1 aliphatic carbocycles. The Balaban J connectivity index is 1.70. The lowest BCUT2D eigenvalue weighted by atomic mass is 9.82. The molecule has 17 heavy (non-hydrogen) atoms. The van der Waals surface area contributed by atoms with Crippen molar-refractivity contribution in [1.29, 1.82) is 0 Å². The molecule has 1 aliphatic heterocycles. The van der Waals surface area contributed by atoms with Crippen LogP contribution in [0.4, 0.5) is 0 Å². The van der Waals surface area contributed by atoms with Crippen molar-refractivity contribution in [3.8, 4) is 0 Å². The minimum Gasteiger partial charge on any atom is -0.316 e. The highest BCUT2D eigenvalue weighted by atomic mass is 15.0. The molecule has 1 saturated carbocycles. The predicted octanol–water partition coefficient (Wildman–Crippen LogP) is 2.93. The molecule has 0 aromatic carbocycles. The van der Waals surface area contributed by atoms with Crippen LogP contribution in [0.15, 0.2) is 0 Å². The van der Waals surface area contributed by atoms with Gasteiger partial charge in [0.25, 0.3) is 0 Å². The van der Waals surface area contributed by atoms with Gasteiger partial charge in [0.05, 0.1) is 0 Å². The molecule has 0 aromatic heterocycles. The largest absolute Gasteiger partial charge is 0.316 e. The summed E-state index contributed by atoms with van der Waals surface area (Å²) in [5.41, 5.74) is 0. The fraction of sp³-hybridized carbons (Fsp3) is 1.00. The zero-order chi connectivity index (χ0) is 12.1. The molecule has 2 atom stereocenters. The lowest BCUT2D eigenvalue weighted by Gasteiger charge is -2.36. The fourth-order valence-corrected chi connectivity index (χ4v) is 3.59. The molecule has 1 saturated heterocycles. The van der Waals surface area contributed by atoms with Gasteiger partial charge < -0.3 is 10.6 Å². The number of rotatable bonds is 4. The van der Waals surface area contributed by atoms with Crippen molar-refractivity contribution in [2.75, 3.05) is 13.1 Å². The van der Waals surface area contributed by atoms with Crippen molar-refractivity contribution in [3.05, 3.63) is 0 Å². The molecule has 2 nitrogen and oxygen atoms in total. The SMILES string of the molecule is CCCC1CCC(NC2CCNCC2C)CC1.